The van der Waals surface area contributed by atoms with E-state index in [4.69, 9.17) is 11.6 Å². The normalized spacial score (nSPS) is 11.1. The van der Waals surface area contributed by atoms with Gasteiger partial charge in [-0.25, -0.2) is 4.79 Å². The molecule has 0 radical (unpaired) electrons. The second kappa shape index (κ2) is 5.77. The molecule has 0 atom stereocenters. The highest BCUT2D eigenvalue weighted by Crippen LogP contribution is 2.14. The number of halogens is 4. The molecule has 0 fully saturated rings. The Kier molecular flexibility index (Phi) is 4.62. The molecule has 0 unspecified atom stereocenters. The predicted molar refractivity (Wildman–Crippen MR) is 55.7 cm³/mol. The highest BCUT2D eigenvalue weighted by atomic mass is 35.5. The molecule has 0 bridgehead atoms. The zero-order chi connectivity index (χ0) is 12.9. The second-order valence-corrected chi connectivity index (χ2v) is 3.61. The summed E-state index contributed by atoms with van der Waals surface area (Å²) >= 11 is 5.69. The lowest BCUT2D eigenvalue weighted by atomic mass is 10.2. The molecule has 0 aliphatic heterocycles. The summed E-state index contributed by atoms with van der Waals surface area (Å²) in [7, 11) is 0. The minimum atomic E-state index is -4.52. The van der Waals surface area contributed by atoms with Crippen LogP contribution in [-0.4, -0.2) is 18.9 Å². The number of hydrogen-bond acceptors (Lipinski definition) is 2. The van der Waals surface area contributed by atoms with Crippen LogP contribution in [0.15, 0.2) is 24.3 Å². The van der Waals surface area contributed by atoms with Crippen LogP contribution < -0.4 is 5.32 Å². The third-order valence-corrected chi connectivity index (χ3v) is 1.93. The van der Waals surface area contributed by atoms with E-state index in [2.05, 4.69) is 10.1 Å². The first-order chi connectivity index (χ1) is 7.87. The number of hydrogen-bond donors (Lipinski definition) is 1. The minimum absolute atomic E-state index is 0.0528. The van der Waals surface area contributed by atoms with Crippen LogP contribution in [0.5, 0.6) is 0 Å². The fourth-order valence-electron chi connectivity index (χ4n) is 1.02. The Balaban J connectivity index is 2.33. The summed E-state index contributed by atoms with van der Waals surface area (Å²) in [6, 6.07) is 6.58. The van der Waals surface area contributed by atoms with Gasteiger partial charge in [-0.3, -0.25) is 0 Å². The first kappa shape index (κ1) is 13.6. The summed E-state index contributed by atoms with van der Waals surface area (Å²) in [5.41, 5.74) is 0.668. The van der Waals surface area contributed by atoms with E-state index < -0.39 is 18.9 Å². The van der Waals surface area contributed by atoms with Gasteiger partial charge in [0.2, 0.25) is 0 Å². The number of amides is 1. The maximum absolute atomic E-state index is 11.7. The highest BCUT2D eigenvalue weighted by molar-refractivity contribution is 6.30. The lowest BCUT2D eigenvalue weighted by Gasteiger charge is -2.09. The molecule has 1 N–H and O–H groups in total. The molecule has 0 spiro atoms. The van der Waals surface area contributed by atoms with Crippen LogP contribution in [0.3, 0.4) is 0 Å². The Bertz CT molecular complexity index is 395. The van der Waals surface area contributed by atoms with Gasteiger partial charge in [-0.05, 0) is 17.7 Å². The Morgan fingerprint density at radius 1 is 1.41 bits per heavy atom. The molecule has 94 valence electrons. The van der Waals surface area contributed by atoms with Gasteiger partial charge in [0, 0.05) is 11.6 Å². The molecular formula is C10H9ClF3NO2. The molecular weight excluding hydrogens is 259 g/mol. The van der Waals surface area contributed by atoms with Gasteiger partial charge < -0.3 is 10.1 Å². The SMILES string of the molecule is O=C(NCc1cccc(Cl)c1)OCC(F)(F)F. The Hall–Kier alpha value is -1.43. The van der Waals surface area contributed by atoms with E-state index in [0.29, 0.717) is 10.6 Å². The van der Waals surface area contributed by atoms with Crippen molar-refractivity contribution >= 4 is 17.7 Å². The molecule has 0 aliphatic carbocycles. The number of benzene rings is 1. The van der Waals surface area contributed by atoms with E-state index in [0.717, 1.165) is 0 Å². The number of alkyl halides is 3. The van der Waals surface area contributed by atoms with E-state index in [-0.39, 0.29) is 6.54 Å². The van der Waals surface area contributed by atoms with Crippen molar-refractivity contribution in [3.8, 4) is 0 Å². The summed E-state index contributed by atoms with van der Waals surface area (Å²) < 4.78 is 39.1. The highest BCUT2D eigenvalue weighted by Gasteiger charge is 2.29. The molecule has 1 aromatic carbocycles. The fourth-order valence-corrected chi connectivity index (χ4v) is 1.23. The molecule has 1 aromatic rings. The zero-order valence-corrected chi connectivity index (χ0v) is 9.31. The average Bonchev–Trinajstić information content (AvgIpc) is 2.23. The van der Waals surface area contributed by atoms with E-state index in [9.17, 15) is 18.0 Å². The van der Waals surface area contributed by atoms with Crippen molar-refractivity contribution in [1.82, 2.24) is 5.32 Å². The molecule has 7 heteroatoms. The van der Waals surface area contributed by atoms with Crippen molar-refractivity contribution in [3.63, 3.8) is 0 Å². The number of rotatable bonds is 3. The number of nitrogens with one attached hydrogen (secondary N) is 1. The fraction of sp³-hybridized carbons (Fsp3) is 0.300. The largest absolute Gasteiger partial charge is 0.440 e. The van der Waals surface area contributed by atoms with Gasteiger partial charge in [0.25, 0.3) is 0 Å². The smallest absolute Gasteiger partial charge is 0.422 e. The van der Waals surface area contributed by atoms with Crippen LogP contribution in [0.4, 0.5) is 18.0 Å². The Labute approximate surface area is 101 Å². The van der Waals surface area contributed by atoms with Crippen LogP contribution >= 0.6 is 11.6 Å². The van der Waals surface area contributed by atoms with Gasteiger partial charge in [-0.15, -0.1) is 0 Å². The Morgan fingerprint density at radius 3 is 2.71 bits per heavy atom. The maximum atomic E-state index is 11.7. The molecule has 0 aromatic heterocycles. The first-order valence-electron chi connectivity index (χ1n) is 4.58. The van der Waals surface area contributed by atoms with E-state index in [1.165, 1.54) is 0 Å². The monoisotopic (exact) mass is 267 g/mol. The van der Waals surface area contributed by atoms with E-state index >= 15 is 0 Å². The van der Waals surface area contributed by atoms with Gasteiger partial charge in [-0.2, -0.15) is 13.2 Å². The minimum Gasteiger partial charge on any atom is -0.440 e. The number of carbonyl (C=O) groups excluding carboxylic acids is 1. The number of carbonyl (C=O) groups is 1. The summed E-state index contributed by atoms with van der Waals surface area (Å²) in [5, 5.41) is 2.66. The van der Waals surface area contributed by atoms with Gasteiger partial charge in [0.05, 0.1) is 0 Å². The van der Waals surface area contributed by atoms with Gasteiger partial charge in [-0.1, -0.05) is 23.7 Å². The average molecular weight is 268 g/mol. The third kappa shape index (κ3) is 6.01. The summed E-state index contributed by atoms with van der Waals surface area (Å²) in [5.74, 6) is 0. The predicted octanol–water partition coefficient (Wildman–Crippen LogP) is 3.13. The van der Waals surface area contributed by atoms with Crippen molar-refractivity contribution in [2.24, 2.45) is 0 Å². The molecule has 17 heavy (non-hydrogen) atoms. The molecule has 0 saturated heterocycles. The van der Waals surface area contributed by atoms with Crippen molar-refractivity contribution in [3.05, 3.63) is 34.9 Å². The number of ether oxygens (including phenoxy) is 1. The van der Waals surface area contributed by atoms with E-state index in [1.54, 1.807) is 24.3 Å². The summed E-state index contributed by atoms with van der Waals surface area (Å²) in [6.07, 6.45) is -5.64. The van der Waals surface area contributed by atoms with Crippen LogP contribution in [0.1, 0.15) is 5.56 Å². The van der Waals surface area contributed by atoms with Crippen LogP contribution in [0.2, 0.25) is 5.02 Å². The van der Waals surface area contributed by atoms with Crippen molar-refractivity contribution in [2.75, 3.05) is 6.61 Å². The molecule has 1 rings (SSSR count). The number of alkyl carbamates (subject to hydrolysis) is 1. The molecule has 0 heterocycles. The standard InChI is InChI=1S/C10H9ClF3NO2/c11-8-3-1-2-7(4-8)5-15-9(16)17-6-10(12,13)14/h1-4H,5-6H2,(H,15,16). The van der Waals surface area contributed by atoms with Crippen LogP contribution in [-0.2, 0) is 11.3 Å². The lowest BCUT2D eigenvalue weighted by molar-refractivity contribution is -0.160. The molecule has 0 saturated carbocycles. The zero-order valence-electron chi connectivity index (χ0n) is 8.55. The molecule has 0 aliphatic rings. The van der Waals surface area contributed by atoms with Gasteiger partial charge in [0.1, 0.15) is 0 Å². The van der Waals surface area contributed by atoms with Crippen molar-refractivity contribution in [1.29, 1.82) is 0 Å². The first-order valence-corrected chi connectivity index (χ1v) is 4.96. The van der Waals surface area contributed by atoms with Crippen molar-refractivity contribution in [2.45, 2.75) is 12.7 Å². The van der Waals surface area contributed by atoms with Gasteiger partial charge >= 0.3 is 12.3 Å². The summed E-state index contributed by atoms with van der Waals surface area (Å²) in [6.45, 7) is -1.55. The Morgan fingerprint density at radius 2 is 2.12 bits per heavy atom. The van der Waals surface area contributed by atoms with E-state index in [1.807, 2.05) is 0 Å². The molecule has 1 amide bonds. The summed E-state index contributed by atoms with van der Waals surface area (Å²) in [4.78, 5) is 10.9. The van der Waals surface area contributed by atoms with Crippen molar-refractivity contribution < 1.29 is 22.7 Å². The lowest BCUT2D eigenvalue weighted by Crippen LogP contribution is -2.28. The maximum Gasteiger partial charge on any atom is 0.422 e. The quantitative estimate of drug-likeness (QED) is 0.914. The second-order valence-electron chi connectivity index (χ2n) is 3.17. The van der Waals surface area contributed by atoms with Crippen LogP contribution in [0, 0.1) is 0 Å². The van der Waals surface area contributed by atoms with Gasteiger partial charge in [0.15, 0.2) is 6.61 Å². The van der Waals surface area contributed by atoms with Crippen LogP contribution in [0.25, 0.3) is 0 Å². The topological polar surface area (TPSA) is 38.3 Å². The molecule has 3 nitrogen and oxygen atoms in total. The third-order valence-electron chi connectivity index (χ3n) is 1.69.